The molecule has 8 heavy (non-hydrogen) atoms. The Morgan fingerprint density at radius 1 is 1.88 bits per heavy atom. The minimum absolute atomic E-state index is 0.693. The fraction of sp³-hybridized carbons (Fsp3) is 0.500. The maximum Gasteiger partial charge on any atom is 0.569 e. The van der Waals surface area contributed by atoms with Gasteiger partial charge in [-0.2, -0.15) is 0 Å². The Kier molecular flexibility index (Phi) is 1.94. The molecular weight excluding hydrogens is 105 g/mol. The Morgan fingerprint density at radius 2 is 2.75 bits per heavy atom. The quantitative estimate of drug-likeness (QED) is 0.451. The van der Waals surface area contributed by atoms with Gasteiger partial charge in [0.15, 0.2) is 0 Å². The zero-order valence-electron chi connectivity index (χ0n) is 4.42. The smallest absolute Gasteiger partial charge is 0.540 e. The lowest BCUT2D eigenvalue weighted by atomic mass is 10.4. The lowest BCUT2D eigenvalue weighted by molar-refractivity contribution is 0.365. The van der Waals surface area contributed by atoms with E-state index in [1.165, 1.54) is 0 Å². The van der Waals surface area contributed by atoms with E-state index in [4.69, 9.17) is 5.02 Å². The molecule has 0 aromatic heterocycles. The fourth-order valence-electron chi connectivity index (χ4n) is 0.611. The van der Waals surface area contributed by atoms with Crippen LogP contribution >= 0.6 is 0 Å². The van der Waals surface area contributed by atoms with E-state index in [9.17, 15) is 0 Å². The van der Waals surface area contributed by atoms with Crippen molar-refractivity contribution >= 4 is 7.69 Å². The van der Waals surface area contributed by atoms with Gasteiger partial charge < -0.3 is 15.0 Å². The van der Waals surface area contributed by atoms with Crippen LogP contribution in [0.15, 0.2) is 11.8 Å². The average molecular weight is 112 g/mol. The van der Waals surface area contributed by atoms with Gasteiger partial charge in [0.1, 0.15) is 0 Å². The van der Waals surface area contributed by atoms with E-state index in [1.807, 2.05) is 6.08 Å². The summed E-state index contributed by atoms with van der Waals surface area (Å²) in [4.78, 5) is 0. The third-order valence-corrected chi connectivity index (χ3v) is 0.977. The van der Waals surface area contributed by atoms with Crippen LogP contribution in [0.25, 0.3) is 0 Å². The van der Waals surface area contributed by atoms with Crippen LogP contribution in [0.3, 0.4) is 0 Å². The molecule has 0 fully saturated rings. The predicted molar refractivity (Wildman–Crippen MR) is 30.0 cm³/mol. The molecule has 0 aromatic carbocycles. The highest BCUT2D eigenvalue weighted by atomic mass is 16.5. The van der Waals surface area contributed by atoms with Gasteiger partial charge >= 0.3 is 7.69 Å². The minimum Gasteiger partial charge on any atom is -0.540 e. The van der Waals surface area contributed by atoms with Crippen molar-refractivity contribution in [1.29, 1.82) is 0 Å². The SMILES string of the molecule is O[B]OC1=CCNC1. The molecule has 0 amide bonds. The molecule has 0 aliphatic carbocycles. The number of nitrogens with one attached hydrogen (secondary N) is 1. The van der Waals surface area contributed by atoms with Crippen molar-refractivity contribution in [1.82, 2.24) is 5.32 Å². The van der Waals surface area contributed by atoms with Gasteiger partial charge in [0.05, 0.1) is 12.3 Å². The monoisotopic (exact) mass is 112 g/mol. The summed E-state index contributed by atoms with van der Waals surface area (Å²) in [6, 6.07) is 0. The maximum absolute atomic E-state index is 8.11. The molecule has 1 heterocycles. The normalized spacial score (nSPS) is 17.9. The van der Waals surface area contributed by atoms with Crippen LogP contribution in [0.2, 0.25) is 0 Å². The first kappa shape index (κ1) is 5.66. The molecule has 0 spiro atoms. The van der Waals surface area contributed by atoms with Gasteiger partial charge in [0.2, 0.25) is 0 Å². The van der Waals surface area contributed by atoms with Gasteiger partial charge in [-0.1, -0.05) is 0 Å². The van der Waals surface area contributed by atoms with Crippen LogP contribution in [0, 0.1) is 0 Å². The van der Waals surface area contributed by atoms with Crippen molar-refractivity contribution in [2.75, 3.05) is 13.1 Å². The molecule has 3 nitrogen and oxygen atoms in total. The number of hydrogen-bond acceptors (Lipinski definition) is 3. The van der Waals surface area contributed by atoms with E-state index >= 15 is 0 Å². The summed E-state index contributed by atoms with van der Waals surface area (Å²) >= 11 is 0. The Bertz CT molecular complexity index is 104. The van der Waals surface area contributed by atoms with Gasteiger partial charge in [0, 0.05) is 6.54 Å². The molecule has 0 atom stereocenters. The van der Waals surface area contributed by atoms with Gasteiger partial charge in [-0.05, 0) is 6.08 Å². The molecule has 2 N–H and O–H groups in total. The molecule has 0 saturated heterocycles. The van der Waals surface area contributed by atoms with E-state index in [2.05, 4.69) is 9.97 Å². The van der Waals surface area contributed by atoms with Crippen LogP contribution in [-0.4, -0.2) is 25.8 Å². The van der Waals surface area contributed by atoms with Crippen molar-refractivity contribution in [2.45, 2.75) is 0 Å². The molecule has 1 aliphatic heterocycles. The van der Waals surface area contributed by atoms with Crippen LogP contribution in [-0.2, 0) is 4.65 Å². The first-order valence-corrected chi connectivity index (χ1v) is 2.46. The molecule has 1 rings (SSSR count). The molecule has 0 aromatic rings. The van der Waals surface area contributed by atoms with Crippen molar-refractivity contribution in [2.24, 2.45) is 0 Å². The topological polar surface area (TPSA) is 41.5 Å². The van der Waals surface area contributed by atoms with Crippen LogP contribution in [0.4, 0.5) is 0 Å². The first-order chi connectivity index (χ1) is 3.93. The number of hydrogen-bond donors (Lipinski definition) is 2. The van der Waals surface area contributed by atoms with Gasteiger partial charge in [0.25, 0.3) is 0 Å². The lowest BCUT2D eigenvalue weighted by Crippen LogP contribution is -2.10. The Hall–Kier alpha value is -0.475. The van der Waals surface area contributed by atoms with Crippen molar-refractivity contribution in [3.05, 3.63) is 11.8 Å². The summed E-state index contributed by atoms with van der Waals surface area (Å²) in [6.07, 6.45) is 1.88. The van der Waals surface area contributed by atoms with Crippen molar-refractivity contribution in [3.8, 4) is 0 Å². The molecule has 0 unspecified atom stereocenters. The Morgan fingerprint density at radius 3 is 3.25 bits per heavy atom. The summed E-state index contributed by atoms with van der Waals surface area (Å²) in [6.45, 7) is 1.56. The van der Waals surface area contributed by atoms with Gasteiger partial charge in [-0.15, -0.1) is 0 Å². The summed E-state index contributed by atoms with van der Waals surface area (Å²) in [5.41, 5.74) is 0. The van der Waals surface area contributed by atoms with E-state index in [0.29, 0.717) is 7.69 Å². The molecule has 1 radical (unpaired) electrons. The molecule has 1 aliphatic rings. The average Bonchev–Trinajstić information content (AvgIpc) is 2.19. The number of rotatable bonds is 2. The molecule has 43 valence electrons. The highest BCUT2D eigenvalue weighted by molar-refractivity contribution is 6.16. The summed E-state index contributed by atoms with van der Waals surface area (Å²) in [5.74, 6) is 0.785. The summed E-state index contributed by atoms with van der Waals surface area (Å²) in [5, 5.41) is 11.1. The third kappa shape index (κ3) is 1.25. The summed E-state index contributed by atoms with van der Waals surface area (Å²) in [7, 11) is 0.693. The first-order valence-electron chi connectivity index (χ1n) is 2.46. The highest BCUT2D eigenvalue weighted by Crippen LogP contribution is 1.97. The van der Waals surface area contributed by atoms with Crippen LogP contribution in [0.5, 0.6) is 0 Å². The lowest BCUT2D eigenvalue weighted by Gasteiger charge is -1.97. The zero-order valence-corrected chi connectivity index (χ0v) is 4.42. The van der Waals surface area contributed by atoms with Crippen molar-refractivity contribution < 1.29 is 9.68 Å². The standard InChI is InChI=1S/C4H7BNO2/c7-5-8-4-1-2-6-3-4/h1,6-7H,2-3H2. The van der Waals surface area contributed by atoms with Gasteiger partial charge in [-0.3, -0.25) is 0 Å². The molecule has 4 heteroatoms. The fourth-order valence-corrected chi connectivity index (χ4v) is 0.611. The molecule has 0 bridgehead atoms. The van der Waals surface area contributed by atoms with E-state index in [-0.39, 0.29) is 0 Å². The van der Waals surface area contributed by atoms with Gasteiger partial charge in [-0.25, -0.2) is 0 Å². The van der Waals surface area contributed by atoms with E-state index < -0.39 is 0 Å². The van der Waals surface area contributed by atoms with E-state index in [1.54, 1.807) is 0 Å². The minimum atomic E-state index is 0.693. The second-order valence-electron chi connectivity index (χ2n) is 1.52. The second-order valence-corrected chi connectivity index (χ2v) is 1.52. The van der Waals surface area contributed by atoms with Crippen molar-refractivity contribution in [3.63, 3.8) is 0 Å². The predicted octanol–water partition coefficient (Wildman–Crippen LogP) is -0.983. The second kappa shape index (κ2) is 2.74. The third-order valence-electron chi connectivity index (χ3n) is 0.977. The molecule has 0 saturated carbocycles. The molecular formula is C4H7BNO2. The summed E-state index contributed by atoms with van der Waals surface area (Å²) < 4.78 is 4.63. The van der Waals surface area contributed by atoms with Crippen LogP contribution in [0.1, 0.15) is 0 Å². The largest absolute Gasteiger partial charge is 0.569 e. The maximum atomic E-state index is 8.11. The Labute approximate surface area is 48.7 Å². The highest BCUT2D eigenvalue weighted by Gasteiger charge is 2.02. The van der Waals surface area contributed by atoms with E-state index in [0.717, 1.165) is 18.8 Å². The van der Waals surface area contributed by atoms with Crippen LogP contribution < -0.4 is 5.32 Å². The Balaban J connectivity index is 2.23. The zero-order chi connectivity index (χ0) is 5.82.